The predicted octanol–water partition coefficient (Wildman–Crippen LogP) is 1.23. The molecule has 90 valence electrons. The number of thioether (sulfide) groups is 1. The maximum atomic E-state index is 8.59. The van der Waals surface area contributed by atoms with Crippen molar-refractivity contribution >= 4 is 34.1 Å². The molecule has 0 aromatic heterocycles. The van der Waals surface area contributed by atoms with Gasteiger partial charge >= 0.3 is 0 Å². The molecule has 1 heterocycles. The minimum absolute atomic E-state index is 0.860. The highest BCUT2D eigenvalue weighted by Crippen LogP contribution is 2.38. The molecule has 1 aromatic rings. The Morgan fingerprint density at radius 2 is 2.19 bits per heavy atom. The van der Waals surface area contributed by atoms with Crippen LogP contribution in [0.15, 0.2) is 23.1 Å². The molecule has 0 fully saturated rings. The summed E-state index contributed by atoms with van der Waals surface area (Å²) >= 11 is 1.86. The molecule has 3 N–H and O–H groups in total. The number of hydrogen-bond donors (Lipinski definition) is 3. The third-order valence-electron chi connectivity index (χ3n) is 2.08. The summed E-state index contributed by atoms with van der Waals surface area (Å²) in [5.74, 6) is 1.06. The Hall–Kier alpha value is -0.920. The molecule has 0 aliphatic carbocycles. The van der Waals surface area contributed by atoms with E-state index >= 15 is 0 Å². The monoisotopic (exact) mass is 262 g/mol. The van der Waals surface area contributed by atoms with Gasteiger partial charge in [0.1, 0.15) is 0 Å². The lowest BCUT2D eigenvalue weighted by molar-refractivity contribution is 0.509. The van der Waals surface area contributed by atoms with E-state index in [4.69, 9.17) is 18.7 Å². The van der Waals surface area contributed by atoms with Crippen molar-refractivity contribution in [3.8, 4) is 0 Å². The van der Waals surface area contributed by atoms with Crippen LogP contribution in [0.4, 0.5) is 11.4 Å². The molecule has 0 spiro atoms. The van der Waals surface area contributed by atoms with Crippen molar-refractivity contribution in [2.45, 2.75) is 11.8 Å². The van der Waals surface area contributed by atoms with E-state index in [-0.39, 0.29) is 0 Å². The third-order valence-corrected chi connectivity index (χ3v) is 3.16. The molecule has 0 radical (unpaired) electrons. The zero-order valence-electron chi connectivity index (χ0n) is 8.79. The predicted molar refractivity (Wildman–Crippen MR) is 67.5 cm³/mol. The van der Waals surface area contributed by atoms with Crippen molar-refractivity contribution in [1.82, 2.24) is 0 Å². The smallest absolute Gasteiger partial charge is 0.254 e. The molecule has 0 bridgehead atoms. The van der Waals surface area contributed by atoms with E-state index in [1.54, 1.807) is 0 Å². The fourth-order valence-electron chi connectivity index (χ4n) is 1.39. The van der Waals surface area contributed by atoms with Crippen LogP contribution in [-0.4, -0.2) is 25.4 Å². The van der Waals surface area contributed by atoms with Crippen LogP contribution in [-0.2, 0) is 11.0 Å². The molecular formula is C9H14N2O3S2. The van der Waals surface area contributed by atoms with E-state index in [0.717, 1.165) is 18.1 Å². The Morgan fingerprint density at radius 1 is 1.56 bits per heavy atom. The van der Waals surface area contributed by atoms with Crippen LogP contribution in [0, 0.1) is 0 Å². The summed E-state index contributed by atoms with van der Waals surface area (Å²) in [5, 5.41) is 0. The number of nitrogens with zero attached hydrogens (tertiary/aromatic N) is 1. The number of thiol groups is 1. The number of benzene rings is 1. The van der Waals surface area contributed by atoms with Gasteiger partial charge in [-0.25, -0.2) is 8.42 Å². The van der Waals surface area contributed by atoms with Gasteiger partial charge in [0.25, 0.3) is 11.0 Å². The number of fused-ring (bicyclic) bond motifs is 1. The van der Waals surface area contributed by atoms with Crippen LogP contribution < -0.4 is 10.6 Å². The summed E-state index contributed by atoms with van der Waals surface area (Å²) in [4.78, 5) is 3.66. The number of rotatable bonds is 1. The van der Waals surface area contributed by atoms with Crippen LogP contribution in [0.5, 0.6) is 0 Å². The fraction of sp³-hybridized carbons (Fsp3) is 0.333. The van der Waals surface area contributed by atoms with Crippen molar-refractivity contribution in [3.63, 3.8) is 0 Å². The van der Waals surface area contributed by atoms with Crippen LogP contribution in [0.2, 0.25) is 0 Å². The quantitative estimate of drug-likeness (QED) is 0.401. The normalized spacial score (nSPS) is 13.3. The summed E-state index contributed by atoms with van der Waals surface area (Å²) in [6.07, 6.45) is 0. The Morgan fingerprint density at radius 3 is 2.75 bits per heavy atom. The first kappa shape index (κ1) is 13.1. The molecule has 0 unspecified atom stereocenters. The molecule has 0 atom stereocenters. The van der Waals surface area contributed by atoms with E-state index in [0.29, 0.717) is 0 Å². The maximum absolute atomic E-state index is 8.59. The second-order valence-corrected chi connectivity index (χ2v) is 4.56. The molecule has 2 rings (SSSR count). The molecule has 0 saturated carbocycles. The second kappa shape index (κ2) is 5.97. The Kier molecular flexibility index (Phi) is 4.91. The SMILES string of the molecule is CCN1CSc2cc(N)ccc21.O=[SH](=O)O. The minimum atomic E-state index is -3.12. The van der Waals surface area contributed by atoms with Crippen molar-refractivity contribution in [1.29, 1.82) is 0 Å². The van der Waals surface area contributed by atoms with Crippen LogP contribution in [0.3, 0.4) is 0 Å². The first-order valence-electron chi connectivity index (χ1n) is 4.65. The average molecular weight is 262 g/mol. The van der Waals surface area contributed by atoms with Crippen LogP contribution in [0.25, 0.3) is 0 Å². The van der Waals surface area contributed by atoms with E-state index in [1.165, 1.54) is 10.6 Å². The van der Waals surface area contributed by atoms with Gasteiger partial charge in [-0.1, -0.05) is 0 Å². The van der Waals surface area contributed by atoms with Gasteiger partial charge in [0.2, 0.25) is 0 Å². The van der Waals surface area contributed by atoms with E-state index in [2.05, 4.69) is 24.0 Å². The second-order valence-electron chi connectivity index (χ2n) is 3.09. The highest BCUT2D eigenvalue weighted by atomic mass is 32.2. The lowest BCUT2D eigenvalue weighted by Crippen LogP contribution is -2.17. The first-order chi connectivity index (χ1) is 7.54. The van der Waals surface area contributed by atoms with Gasteiger partial charge in [0.15, 0.2) is 0 Å². The topological polar surface area (TPSA) is 83.6 Å². The van der Waals surface area contributed by atoms with Gasteiger partial charge in [-0.15, -0.1) is 11.8 Å². The van der Waals surface area contributed by atoms with Gasteiger partial charge in [0.05, 0.1) is 11.6 Å². The number of anilines is 2. The van der Waals surface area contributed by atoms with E-state index in [1.807, 2.05) is 17.8 Å². The van der Waals surface area contributed by atoms with Gasteiger partial charge in [-0.05, 0) is 25.1 Å². The number of nitrogens with two attached hydrogens (primary N) is 1. The fourth-order valence-corrected chi connectivity index (χ4v) is 2.57. The van der Waals surface area contributed by atoms with Crippen molar-refractivity contribution < 1.29 is 13.0 Å². The summed E-state index contributed by atoms with van der Waals surface area (Å²) in [6.45, 7) is 3.25. The lowest BCUT2D eigenvalue weighted by Gasteiger charge is -2.14. The number of hydrogen-bond acceptors (Lipinski definition) is 5. The first-order valence-corrected chi connectivity index (χ1v) is 6.76. The van der Waals surface area contributed by atoms with Crippen molar-refractivity contribution in [2.75, 3.05) is 23.1 Å². The van der Waals surface area contributed by atoms with Gasteiger partial charge < -0.3 is 10.6 Å². The highest BCUT2D eigenvalue weighted by Gasteiger charge is 2.17. The zero-order chi connectivity index (χ0) is 12.1. The molecule has 5 nitrogen and oxygen atoms in total. The van der Waals surface area contributed by atoms with Gasteiger partial charge in [0, 0.05) is 17.1 Å². The highest BCUT2D eigenvalue weighted by molar-refractivity contribution is 7.99. The standard InChI is InChI=1S/C9H12N2S.H2O3S/c1-2-11-6-12-9-5-7(10)3-4-8(9)11;1-4(2)3/h3-5H,2,6,10H2,1H3;4H,(H,1,2,3). The molecule has 1 aromatic carbocycles. The Balaban J connectivity index is 0.000000280. The average Bonchev–Trinajstić information content (AvgIpc) is 2.58. The largest absolute Gasteiger partial charge is 0.399 e. The molecular weight excluding hydrogens is 248 g/mol. The molecule has 1 aliphatic heterocycles. The molecule has 7 heteroatoms. The zero-order valence-corrected chi connectivity index (χ0v) is 10.5. The van der Waals surface area contributed by atoms with Gasteiger partial charge in [-0.3, -0.25) is 4.55 Å². The summed E-state index contributed by atoms with van der Waals surface area (Å²) in [6, 6.07) is 6.12. The molecule has 0 saturated heterocycles. The van der Waals surface area contributed by atoms with E-state index < -0.39 is 11.0 Å². The Bertz CT molecular complexity index is 427. The molecule has 1 aliphatic rings. The maximum Gasteiger partial charge on any atom is 0.254 e. The van der Waals surface area contributed by atoms with Gasteiger partial charge in [-0.2, -0.15) is 0 Å². The van der Waals surface area contributed by atoms with Crippen molar-refractivity contribution in [2.24, 2.45) is 0 Å². The summed E-state index contributed by atoms with van der Waals surface area (Å²) in [7, 11) is -3.12. The summed E-state index contributed by atoms with van der Waals surface area (Å²) < 4.78 is 24.2. The minimum Gasteiger partial charge on any atom is -0.399 e. The van der Waals surface area contributed by atoms with Crippen molar-refractivity contribution in [3.05, 3.63) is 18.2 Å². The summed E-state index contributed by atoms with van der Waals surface area (Å²) in [5.41, 5.74) is 7.88. The van der Waals surface area contributed by atoms with E-state index in [9.17, 15) is 0 Å². The molecule has 0 amide bonds. The van der Waals surface area contributed by atoms with Crippen LogP contribution >= 0.6 is 11.8 Å². The molecule has 16 heavy (non-hydrogen) atoms. The number of nitrogen functional groups attached to an aromatic ring is 1. The lowest BCUT2D eigenvalue weighted by atomic mass is 10.2. The third kappa shape index (κ3) is 3.58. The van der Waals surface area contributed by atoms with Crippen LogP contribution in [0.1, 0.15) is 6.92 Å². The Labute approximate surface area is 100 Å².